The number of hydrogen-bond donors (Lipinski definition) is 0. The molecule has 0 aromatic carbocycles. The van der Waals surface area contributed by atoms with Crippen LogP contribution in [0, 0.1) is 0 Å². The van der Waals surface area contributed by atoms with E-state index in [0.29, 0.717) is 24.2 Å². The van der Waals surface area contributed by atoms with Gasteiger partial charge in [-0.3, -0.25) is 0 Å². The van der Waals surface area contributed by atoms with Gasteiger partial charge in [0.25, 0.3) is 0 Å². The summed E-state index contributed by atoms with van der Waals surface area (Å²) in [6.07, 6.45) is 0. The summed E-state index contributed by atoms with van der Waals surface area (Å²) in [5.41, 5.74) is 0. The Morgan fingerprint density at radius 1 is 0.440 bits per heavy atom. The van der Waals surface area contributed by atoms with Crippen molar-refractivity contribution in [3.8, 4) is 0 Å². The van der Waals surface area contributed by atoms with E-state index in [1.54, 1.807) is 0 Å². The Kier molecular flexibility index (Phi) is 47.0. The molecular formula is C20H48MoN4. The maximum Gasteiger partial charge on any atom is 4.00 e. The van der Waals surface area contributed by atoms with Crippen molar-refractivity contribution in [2.75, 3.05) is 26.2 Å². The smallest absolute Gasteiger partial charge is 0.663 e. The van der Waals surface area contributed by atoms with Gasteiger partial charge < -0.3 is 21.3 Å². The van der Waals surface area contributed by atoms with E-state index in [-0.39, 0.29) is 21.1 Å². The van der Waals surface area contributed by atoms with Gasteiger partial charge in [-0.05, 0) is 0 Å². The van der Waals surface area contributed by atoms with Crippen LogP contribution in [-0.4, -0.2) is 50.3 Å². The molecule has 0 aliphatic carbocycles. The SMILES string of the molecule is CC(C)[N-]C(C)C.CC(C)[N-]C(C)C.CC[N-]CC.CC[N-]CC.[Mo+4]. The molecule has 0 amide bonds. The van der Waals surface area contributed by atoms with Crippen molar-refractivity contribution in [1.29, 1.82) is 0 Å². The Morgan fingerprint density at radius 2 is 0.600 bits per heavy atom. The number of nitrogens with zero attached hydrogens (tertiary/aromatic N) is 4. The first kappa shape index (κ1) is 36.4. The Balaban J connectivity index is -0.0000000711. The Labute approximate surface area is 175 Å². The molecular weight excluding hydrogens is 392 g/mol. The van der Waals surface area contributed by atoms with Gasteiger partial charge in [0.2, 0.25) is 0 Å². The zero-order chi connectivity index (χ0) is 20.0. The fraction of sp³-hybridized carbons (Fsp3) is 1.00. The molecule has 154 valence electrons. The molecule has 0 radical (unpaired) electrons. The fourth-order valence-electron chi connectivity index (χ4n) is 1.64. The average Bonchev–Trinajstić information content (AvgIpc) is 2.39. The maximum atomic E-state index is 4.28. The molecule has 0 spiro atoms. The van der Waals surface area contributed by atoms with Gasteiger partial charge in [0.15, 0.2) is 0 Å². The van der Waals surface area contributed by atoms with E-state index < -0.39 is 0 Å². The quantitative estimate of drug-likeness (QED) is 0.360. The third-order valence-corrected chi connectivity index (χ3v) is 2.09. The van der Waals surface area contributed by atoms with Crippen molar-refractivity contribution in [2.45, 2.75) is 107 Å². The van der Waals surface area contributed by atoms with E-state index >= 15 is 0 Å². The number of hydrogen-bond acceptors (Lipinski definition) is 0. The summed E-state index contributed by atoms with van der Waals surface area (Å²) in [5, 5.41) is 16.5. The van der Waals surface area contributed by atoms with Crippen LogP contribution in [0.3, 0.4) is 0 Å². The van der Waals surface area contributed by atoms with E-state index in [1.807, 2.05) is 27.7 Å². The van der Waals surface area contributed by atoms with Crippen molar-refractivity contribution in [3.63, 3.8) is 0 Å². The molecule has 0 aromatic heterocycles. The monoisotopic (exact) mass is 442 g/mol. The van der Waals surface area contributed by atoms with Gasteiger partial charge in [0, 0.05) is 0 Å². The molecule has 0 atom stereocenters. The molecule has 0 rings (SSSR count). The van der Waals surface area contributed by atoms with Gasteiger partial charge in [-0.1, -0.05) is 83.1 Å². The van der Waals surface area contributed by atoms with Crippen LogP contribution in [0.2, 0.25) is 0 Å². The normalized spacial score (nSPS) is 9.60. The minimum atomic E-state index is 0. The second-order valence-corrected chi connectivity index (χ2v) is 6.39. The molecule has 0 saturated heterocycles. The second kappa shape index (κ2) is 32.2. The van der Waals surface area contributed by atoms with Gasteiger partial charge in [-0.2, -0.15) is 26.2 Å². The van der Waals surface area contributed by atoms with Gasteiger partial charge in [-0.25, -0.2) is 0 Å². The second-order valence-electron chi connectivity index (χ2n) is 6.39. The Bertz CT molecular complexity index is 151. The summed E-state index contributed by atoms with van der Waals surface area (Å²) in [6.45, 7) is 28.8. The van der Waals surface area contributed by atoms with Crippen LogP contribution >= 0.6 is 0 Å². The van der Waals surface area contributed by atoms with Crippen LogP contribution < -0.4 is 0 Å². The van der Waals surface area contributed by atoms with E-state index in [2.05, 4.69) is 76.7 Å². The fourth-order valence-corrected chi connectivity index (χ4v) is 1.64. The van der Waals surface area contributed by atoms with Crippen molar-refractivity contribution in [1.82, 2.24) is 0 Å². The van der Waals surface area contributed by atoms with Gasteiger partial charge in [0.05, 0.1) is 0 Å². The summed E-state index contributed by atoms with van der Waals surface area (Å²) < 4.78 is 0. The van der Waals surface area contributed by atoms with E-state index in [9.17, 15) is 0 Å². The summed E-state index contributed by atoms with van der Waals surface area (Å²) >= 11 is 0. The predicted octanol–water partition coefficient (Wildman–Crippen LogP) is 7.15. The van der Waals surface area contributed by atoms with Crippen LogP contribution in [0.25, 0.3) is 21.3 Å². The summed E-state index contributed by atoms with van der Waals surface area (Å²) in [5.74, 6) is 0. The van der Waals surface area contributed by atoms with Crippen LogP contribution in [-0.2, 0) is 21.1 Å². The van der Waals surface area contributed by atoms with Crippen molar-refractivity contribution in [2.24, 2.45) is 0 Å². The minimum absolute atomic E-state index is 0. The molecule has 0 saturated carbocycles. The summed E-state index contributed by atoms with van der Waals surface area (Å²) in [6, 6.07) is 2.00. The van der Waals surface area contributed by atoms with Crippen LogP contribution in [0.5, 0.6) is 0 Å². The first-order valence-electron chi connectivity index (χ1n) is 9.74. The molecule has 0 heterocycles. The molecule has 0 unspecified atom stereocenters. The van der Waals surface area contributed by atoms with E-state index in [1.165, 1.54) is 0 Å². The predicted molar refractivity (Wildman–Crippen MR) is 116 cm³/mol. The molecule has 0 N–H and O–H groups in total. The largest absolute Gasteiger partial charge is 4.00 e. The minimum Gasteiger partial charge on any atom is -0.663 e. The molecule has 4 nitrogen and oxygen atoms in total. The summed E-state index contributed by atoms with van der Waals surface area (Å²) in [7, 11) is 0. The molecule has 5 heteroatoms. The maximum absolute atomic E-state index is 4.28. The molecule has 0 fully saturated rings. The molecule has 0 aromatic rings. The Hall–Kier alpha value is 0.528. The topological polar surface area (TPSA) is 56.4 Å². The van der Waals surface area contributed by atoms with Gasteiger partial charge >= 0.3 is 21.1 Å². The van der Waals surface area contributed by atoms with Crippen LogP contribution in [0.15, 0.2) is 0 Å². The Morgan fingerprint density at radius 3 is 0.600 bits per heavy atom. The third-order valence-electron chi connectivity index (χ3n) is 2.09. The average molecular weight is 441 g/mol. The van der Waals surface area contributed by atoms with Crippen LogP contribution in [0.1, 0.15) is 83.1 Å². The van der Waals surface area contributed by atoms with Gasteiger partial charge in [-0.15, -0.1) is 24.2 Å². The van der Waals surface area contributed by atoms with Gasteiger partial charge in [0.1, 0.15) is 0 Å². The zero-order valence-electron chi connectivity index (χ0n) is 19.3. The first-order valence-corrected chi connectivity index (χ1v) is 9.74. The first-order chi connectivity index (χ1) is 11.1. The van der Waals surface area contributed by atoms with Crippen molar-refractivity contribution >= 4 is 0 Å². The van der Waals surface area contributed by atoms with Crippen molar-refractivity contribution in [3.05, 3.63) is 21.3 Å². The molecule has 0 aliphatic heterocycles. The zero-order valence-corrected chi connectivity index (χ0v) is 21.3. The molecule has 25 heavy (non-hydrogen) atoms. The molecule has 0 aliphatic rings. The number of rotatable bonds is 8. The van der Waals surface area contributed by atoms with E-state index in [4.69, 9.17) is 0 Å². The van der Waals surface area contributed by atoms with Crippen LogP contribution in [0.4, 0.5) is 0 Å². The standard InChI is InChI=1S/2C6H14N.2C4H10N.Mo/c2*1-5(2)7-6(3)4;2*1-3-5-4-2;/h2*5-6H,1-4H3;2*3-4H2,1-2H3;/q4*-1;+4. The van der Waals surface area contributed by atoms with Crippen molar-refractivity contribution < 1.29 is 21.1 Å². The summed E-state index contributed by atoms with van der Waals surface area (Å²) in [4.78, 5) is 0. The van der Waals surface area contributed by atoms with E-state index in [0.717, 1.165) is 26.2 Å². The third kappa shape index (κ3) is 79.3. The molecule has 0 bridgehead atoms.